The van der Waals surface area contributed by atoms with Crippen molar-refractivity contribution in [2.75, 3.05) is 6.61 Å². The lowest BCUT2D eigenvalue weighted by molar-refractivity contribution is 0.0949. The Kier molecular flexibility index (Phi) is 4.62. The van der Waals surface area contributed by atoms with Crippen LogP contribution < -0.4 is 10.1 Å². The predicted octanol–water partition coefficient (Wildman–Crippen LogP) is 2.37. The SMILES string of the molecule is CCOc1cccc(CNC(=O)c2c(C)nn(C)c2C)c1. The molecule has 1 aromatic heterocycles. The molecule has 0 aliphatic heterocycles. The van der Waals surface area contributed by atoms with Gasteiger partial charge in [0.2, 0.25) is 0 Å². The minimum absolute atomic E-state index is 0.0973. The molecule has 5 heteroatoms. The van der Waals surface area contributed by atoms with E-state index in [2.05, 4.69) is 10.4 Å². The van der Waals surface area contributed by atoms with Crippen LogP contribution in [0, 0.1) is 13.8 Å². The fourth-order valence-electron chi connectivity index (χ4n) is 2.28. The van der Waals surface area contributed by atoms with Gasteiger partial charge in [0.15, 0.2) is 0 Å². The van der Waals surface area contributed by atoms with Crippen molar-refractivity contribution in [1.29, 1.82) is 0 Å². The van der Waals surface area contributed by atoms with Crippen molar-refractivity contribution in [3.63, 3.8) is 0 Å². The van der Waals surface area contributed by atoms with Crippen LogP contribution in [0.5, 0.6) is 5.75 Å². The lowest BCUT2D eigenvalue weighted by atomic mass is 10.1. The number of aromatic nitrogens is 2. The number of carbonyl (C=O) groups excluding carboxylic acids is 1. The Morgan fingerprint density at radius 1 is 1.38 bits per heavy atom. The molecule has 0 saturated heterocycles. The van der Waals surface area contributed by atoms with Crippen LogP contribution in [0.25, 0.3) is 0 Å². The summed E-state index contributed by atoms with van der Waals surface area (Å²) in [6, 6.07) is 7.73. The van der Waals surface area contributed by atoms with E-state index in [4.69, 9.17) is 4.74 Å². The van der Waals surface area contributed by atoms with Crippen LogP contribution in [-0.2, 0) is 13.6 Å². The van der Waals surface area contributed by atoms with Gasteiger partial charge in [-0.25, -0.2) is 0 Å². The number of hydrogen-bond donors (Lipinski definition) is 1. The van der Waals surface area contributed by atoms with E-state index in [1.165, 1.54) is 0 Å². The number of benzene rings is 1. The number of rotatable bonds is 5. The van der Waals surface area contributed by atoms with Crippen molar-refractivity contribution in [2.24, 2.45) is 7.05 Å². The molecular weight excluding hydrogens is 266 g/mol. The van der Waals surface area contributed by atoms with E-state index in [9.17, 15) is 4.79 Å². The van der Waals surface area contributed by atoms with Crippen molar-refractivity contribution in [1.82, 2.24) is 15.1 Å². The molecular formula is C16H21N3O2. The standard InChI is InChI=1S/C16H21N3O2/c1-5-21-14-8-6-7-13(9-14)10-17-16(20)15-11(2)18-19(4)12(15)3/h6-9H,5,10H2,1-4H3,(H,17,20). The van der Waals surface area contributed by atoms with Crippen LogP contribution in [0.1, 0.15) is 34.2 Å². The molecule has 0 saturated carbocycles. The van der Waals surface area contributed by atoms with Gasteiger partial charge in [-0.15, -0.1) is 0 Å². The minimum Gasteiger partial charge on any atom is -0.494 e. The lowest BCUT2D eigenvalue weighted by Crippen LogP contribution is -2.24. The van der Waals surface area contributed by atoms with Gasteiger partial charge in [-0.2, -0.15) is 5.10 Å². The summed E-state index contributed by atoms with van der Waals surface area (Å²) < 4.78 is 7.18. The zero-order chi connectivity index (χ0) is 15.4. The molecule has 1 N–H and O–H groups in total. The average Bonchev–Trinajstić information content (AvgIpc) is 2.70. The highest BCUT2D eigenvalue weighted by Crippen LogP contribution is 2.14. The molecule has 0 bridgehead atoms. The molecule has 0 unspecified atom stereocenters. The topological polar surface area (TPSA) is 56.1 Å². The van der Waals surface area contributed by atoms with E-state index in [1.807, 2.05) is 52.1 Å². The first-order valence-corrected chi connectivity index (χ1v) is 7.03. The van der Waals surface area contributed by atoms with Crippen LogP contribution in [0.3, 0.4) is 0 Å². The van der Waals surface area contributed by atoms with Gasteiger partial charge in [0.1, 0.15) is 5.75 Å². The van der Waals surface area contributed by atoms with Crippen LogP contribution in [-0.4, -0.2) is 22.3 Å². The number of ether oxygens (including phenoxy) is 1. The molecule has 0 aliphatic rings. The zero-order valence-electron chi connectivity index (χ0n) is 12.9. The Balaban J connectivity index is 2.06. The first kappa shape index (κ1) is 15.1. The summed E-state index contributed by atoms with van der Waals surface area (Å²) >= 11 is 0. The summed E-state index contributed by atoms with van der Waals surface area (Å²) in [6.45, 7) is 6.78. The van der Waals surface area contributed by atoms with Gasteiger partial charge in [0.25, 0.3) is 5.91 Å². The van der Waals surface area contributed by atoms with Crippen LogP contribution in [0.2, 0.25) is 0 Å². The second-order valence-electron chi connectivity index (χ2n) is 4.93. The molecule has 2 rings (SSSR count). The maximum Gasteiger partial charge on any atom is 0.255 e. The Bertz CT molecular complexity index is 647. The second kappa shape index (κ2) is 6.43. The quantitative estimate of drug-likeness (QED) is 0.918. The summed E-state index contributed by atoms with van der Waals surface area (Å²) in [6.07, 6.45) is 0. The highest BCUT2D eigenvalue weighted by Gasteiger charge is 2.16. The van der Waals surface area contributed by atoms with E-state index >= 15 is 0 Å². The molecule has 1 aromatic carbocycles. The first-order chi connectivity index (χ1) is 10.0. The van der Waals surface area contributed by atoms with E-state index in [-0.39, 0.29) is 5.91 Å². The fourth-order valence-corrected chi connectivity index (χ4v) is 2.28. The molecule has 0 fully saturated rings. The third-order valence-electron chi connectivity index (χ3n) is 3.40. The summed E-state index contributed by atoms with van der Waals surface area (Å²) in [7, 11) is 1.84. The fraction of sp³-hybridized carbons (Fsp3) is 0.375. The maximum absolute atomic E-state index is 12.3. The Hall–Kier alpha value is -2.30. The largest absolute Gasteiger partial charge is 0.494 e. The molecule has 0 spiro atoms. The van der Waals surface area contributed by atoms with Crippen LogP contribution in [0.4, 0.5) is 0 Å². The minimum atomic E-state index is -0.0973. The van der Waals surface area contributed by atoms with Gasteiger partial charge in [0.05, 0.1) is 17.9 Å². The highest BCUT2D eigenvalue weighted by atomic mass is 16.5. The average molecular weight is 287 g/mol. The third kappa shape index (κ3) is 3.42. The normalized spacial score (nSPS) is 10.5. The third-order valence-corrected chi connectivity index (χ3v) is 3.40. The van der Waals surface area contributed by atoms with Crippen LogP contribution >= 0.6 is 0 Å². The Morgan fingerprint density at radius 2 is 2.14 bits per heavy atom. The zero-order valence-corrected chi connectivity index (χ0v) is 12.9. The lowest BCUT2D eigenvalue weighted by Gasteiger charge is -2.08. The summed E-state index contributed by atoms with van der Waals surface area (Å²) in [5.41, 5.74) is 3.27. The molecule has 0 aliphatic carbocycles. The molecule has 2 aromatic rings. The number of amides is 1. The first-order valence-electron chi connectivity index (χ1n) is 7.03. The van der Waals surface area contributed by atoms with Gasteiger partial charge in [0, 0.05) is 19.3 Å². The van der Waals surface area contributed by atoms with E-state index in [0.29, 0.717) is 18.7 Å². The number of hydrogen-bond acceptors (Lipinski definition) is 3. The van der Waals surface area contributed by atoms with E-state index in [1.54, 1.807) is 4.68 Å². The summed E-state index contributed by atoms with van der Waals surface area (Å²) in [5, 5.41) is 7.19. The maximum atomic E-state index is 12.3. The van der Waals surface area contributed by atoms with Crippen molar-refractivity contribution < 1.29 is 9.53 Å². The molecule has 112 valence electrons. The summed E-state index contributed by atoms with van der Waals surface area (Å²) in [4.78, 5) is 12.3. The van der Waals surface area contributed by atoms with Gasteiger partial charge < -0.3 is 10.1 Å². The molecule has 1 amide bonds. The number of nitrogens with zero attached hydrogens (tertiary/aromatic N) is 2. The van der Waals surface area contributed by atoms with Gasteiger partial charge >= 0.3 is 0 Å². The molecule has 0 atom stereocenters. The second-order valence-corrected chi connectivity index (χ2v) is 4.93. The Morgan fingerprint density at radius 3 is 2.76 bits per heavy atom. The highest BCUT2D eigenvalue weighted by molar-refractivity contribution is 5.96. The van der Waals surface area contributed by atoms with Gasteiger partial charge in [-0.05, 0) is 38.5 Å². The van der Waals surface area contributed by atoms with E-state index in [0.717, 1.165) is 22.7 Å². The smallest absolute Gasteiger partial charge is 0.255 e. The summed E-state index contributed by atoms with van der Waals surface area (Å²) in [5.74, 6) is 0.720. The molecule has 1 heterocycles. The molecule has 5 nitrogen and oxygen atoms in total. The van der Waals surface area contributed by atoms with Gasteiger partial charge in [-0.1, -0.05) is 12.1 Å². The van der Waals surface area contributed by atoms with Gasteiger partial charge in [-0.3, -0.25) is 9.48 Å². The van der Waals surface area contributed by atoms with Crippen molar-refractivity contribution in [3.8, 4) is 5.75 Å². The molecule has 0 radical (unpaired) electrons. The van der Waals surface area contributed by atoms with Crippen molar-refractivity contribution >= 4 is 5.91 Å². The monoisotopic (exact) mass is 287 g/mol. The van der Waals surface area contributed by atoms with E-state index < -0.39 is 0 Å². The van der Waals surface area contributed by atoms with Crippen molar-refractivity contribution in [2.45, 2.75) is 27.3 Å². The van der Waals surface area contributed by atoms with Crippen LogP contribution in [0.15, 0.2) is 24.3 Å². The number of carbonyl (C=O) groups is 1. The predicted molar refractivity (Wildman–Crippen MR) is 81.5 cm³/mol. The number of aryl methyl sites for hydroxylation is 2. The number of nitrogens with one attached hydrogen (secondary N) is 1. The Labute approximate surface area is 124 Å². The molecule has 21 heavy (non-hydrogen) atoms. The van der Waals surface area contributed by atoms with Crippen molar-refractivity contribution in [3.05, 3.63) is 46.8 Å².